The molecular weight excluding hydrogens is 498 g/mol. The SMILES string of the molecule is COc1cc(CN2CCC(n3cnc4c(N5CCOCC5)nc(-c5cccc(O)c5)nc43)CC2)cc(OC)n1. The van der Waals surface area contributed by atoms with Crippen LogP contribution in [0.25, 0.3) is 22.6 Å². The monoisotopic (exact) mass is 531 g/mol. The van der Waals surface area contributed by atoms with Crippen molar-refractivity contribution >= 4 is 17.0 Å². The Morgan fingerprint density at radius 2 is 1.69 bits per heavy atom. The van der Waals surface area contributed by atoms with E-state index in [1.165, 1.54) is 0 Å². The van der Waals surface area contributed by atoms with Crippen molar-refractivity contribution in [2.45, 2.75) is 25.4 Å². The molecule has 11 heteroatoms. The number of rotatable bonds is 7. The first kappa shape index (κ1) is 25.3. The average Bonchev–Trinajstić information content (AvgIpc) is 3.41. The van der Waals surface area contributed by atoms with Crippen LogP contribution in [0.2, 0.25) is 0 Å². The molecule has 0 radical (unpaired) electrons. The van der Waals surface area contributed by atoms with Crippen molar-refractivity contribution < 1.29 is 19.3 Å². The number of phenols is 1. The summed E-state index contributed by atoms with van der Waals surface area (Å²) in [7, 11) is 3.23. The second-order valence-corrected chi connectivity index (χ2v) is 9.91. The van der Waals surface area contributed by atoms with Gasteiger partial charge in [-0.3, -0.25) is 4.90 Å². The number of ether oxygens (including phenoxy) is 3. The molecular formula is C28H33N7O4. The number of hydrogen-bond donors (Lipinski definition) is 1. The van der Waals surface area contributed by atoms with Crippen molar-refractivity contribution in [1.82, 2.24) is 29.4 Å². The number of phenolic OH excluding ortho intramolecular Hbond substituents is 1. The zero-order chi connectivity index (χ0) is 26.8. The van der Waals surface area contributed by atoms with Crippen LogP contribution in [0.5, 0.6) is 17.5 Å². The highest BCUT2D eigenvalue weighted by atomic mass is 16.5. The van der Waals surface area contributed by atoms with Crippen molar-refractivity contribution in [2.24, 2.45) is 0 Å². The van der Waals surface area contributed by atoms with Crippen LogP contribution < -0.4 is 14.4 Å². The maximum Gasteiger partial charge on any atom is 0.216 e. The van der Waals surface area contributed by atoms with Gasteiger partial charge in [-0.15, -0.1) is 0 Å². The Hall–Kier alpha value is -3.96. The molecule has 11 nitrogen and oxygen atoms in total. The first-order chi connectivity index (χ1) is 19.1. The first-order valence-electron chi connectivity index (χ1n) is 13.3. The molecule has 39 heavy (non-hydrogen) atoms. The topological polar surface area (TPSA) is 111 Å². The highest BCUT2D eigenvalue weighted by Crippen LogP contribution is 2.33. The fraction of sp³-hybridized carbons (Fsp3) is 0.429. The molecule has 0 saturated carbocycles. The maximum atomic E-state index is 10.1. The molecule has 0 aliphatic carbocycles. The van der Waals surface area contributed by atoms with Gasteiger partial charge in [-0.1, -0.05) is 12.1 Å². The summed E-state index contributed by atoms with van der Waals surface area (Å²) in [5.41, 5.74) is 3.52. The molecule has 0 amide bonds. The quantitative estimate of drug-likeness (QED) is 0.381. The number of imidazole rings is 1. The summed E-state index contributed by atoms with van der Waals surface area (Å²) in [6.45, 7) is 5.50. The van der Waals surface area contributed by atoms with E-state index in [-0.39, 0.29) is 11.8 Å². The number of hydrogen-bond acceptors (Lipinski definition) is 10. The van der Waals surface area contributed by atoms with Gasteiger partial charge < -0.3 is 28.8 Å². The number of aromatic hydroxyl groups is 1. The van der Waals surface area contributed by atoms with Crippen molar-refractivity contribution in [3.05, 3.63) is 48.3 Å². The van der Waals surface area contributed by atoms with Crippen LogP contribution in [0, 0.1) is 0 Å². The van der Waals surface area contributed by atoms with E-state index in [4.69, 9.17) is 29.2 Å². The minimum absolute atomic E-state index is 0.189. The van der Waals surface area contributed by atoms with Gasteiger partial charge in [0.05, 0.1) is 33.8 Å². The van der Waals surface area contributed by atoms with Crippen LogP contribution in [0.15, 0.2) is 42.7 Å². The second-order valence-electron chi connectivity index (χ2n) is 9.91. The van der Waals surface area contributed by atoms with Gasteiger partial charge in [-0.25, -0.2) is 15.0 Å². The Bertz CT molecular complexity index is 1420. The zero-order valence-corrected chi connectivity index (χ0v) is 22.3. The van der Waals surface area contributed by atoms with Gasteiger partial charge in [0.1, 0.15) is 5.75 Å². The number of likely N-dealkylation sites (tertiary alicyclic amines) is 1. The number of fused-ring (bicyclic) bond motifs is 1. The number of benzene rings is 1. The molecule has 204 valence electrons. The van der Waals surface area contributed by atoms with Gasteiger partial charge in [0.2, 0.25) is 11.8 Å². The fourth-order valence-corrected chi connectivity index (χ4v) is 5.38. The largest absolute Gasteiger partial charge is 0.508 e. The number of pyridine rings is 1. The minimum Gasteiger partial charge on any atom is -0.508 e. The molecule has 0 spiro atoms. The molecule has 3 aromatic heterocycles. The van der Waals surface area contributed by atoms with E-state index in [9.17, 15) is 5.11 Å². The lowest BCUT2D eigenvalue weighted by Crippen LogP contribution is -2.37. The number of nitrogens with zero attached hydrogens (tertiary/aromatic N) is 7. The molecule has 5 heterocycles. The maximum absolute atomic E-state index is 10.1. The van der Waals surface area contributed by atoms with Crippen molar-refractivity contribution in [2.75, 3.05) is 58.5 Å². The molecule has 6 rings (SSSR count). The van der Waals surface area contributed by atoms with Gasteiger partial charge in [0, 0.05) is 56.5 Å². The number of methoxy groups -OCH3 is 2. The van der Waals surface area contributed by atoms with Crippen LogP contribution >= 0.6 is 0 Å². The van der Waals surface area contributed by atoms with Crippen LogP contribution in [0.1, 0.15) is 24.4 Å². The molecule has 0 unspecified atom stereocenters. The molecule has 4 aromatic rings. The van der Waals surface area contributed by atoms with Crippen LogP contribution in [-0.2, 0) is 11.3 Å². The number of aromatic nitrogens is 5. The van der Waals surface area contributed by atoms with Gasteiger partial charge in [-0.2, -0.15) is 4.98 Å². The Kier molecular flexibility index (Phi) is 7.16. The number of morpholine rings is 1. The third-order valence-corrected chi connectivity index (χ3v) is 7.43. The molecule has 2 fully saturated rings. The predicted octanol–water partition coefficient (Wildman–Crippen LogP) is 3.28. The summed E-state index contributed by atoms with van der Waals surface area (Å²) >= 11 is 0. The summed E-state index contributed by atoms with van der Waals surface area (Å²) in [5, 5.41) is 10.1. The molecule has 1 N–H and O–H groups in total. The summed E-state index contributed by atoms with van der Waals surface area (Å²) < 4.78 is 18.5. The molecule has 0 atom stereocenters. The highest BCUT2D eigenvalue weighted by Gasteiger charge is 2.26. The summed E-state index contributed by atoms with van der Waals surface area (Å²) in [6.07, 6.45) is 3.86. The smallest absolute Gasteiger partial charge is 0.216 e. The third kappa shape index (κ3) is 5.32. The van der Waals surface area contributed by atoms with E-state index in [1.54, 1.807) is 26.4 Å². The van der Waals surface area contributed by atoms with E-state index in [1.807, 2.05) is 30.6 Å². The summed E-state index contributed by atoms with van der Waals surface area (Å²) in [5.74, 6) is 2.71. The van der Waals surface area contributed by atoms with Gasteiger partial charge in [0.15, 0.2) is 22.8 Å². The Morgan fingerprint density at radius 3 is 2.38 bits per heavy atom. The Labute approximate surface area is 227 Å². The Morgan fingerprint density at radius 1 is 0.949 bits per heavy atom. The predicted molar refractivity (Wildman–Crippen MR) is 146 cm³/mol. The summed E-state index contributed by atoms with van der Waals surface area (Å²) in [4.78, 5) is 23.7. The van der Waals surface area contributed by atoms with E-state index >= 15 is 0 Å². The molecule has 2 saturated heterocycles. The lowest BCUT2D eigenvalue weighted by molar-refractivity contribution is 0.122. The van der Waals surface area contributed by atoms with E-state index in [2.05, 4.69) is 19.4 Å². The van der Waals surface area contributed by atoms with Crippen LogP contribution in [0.4, 0.5) is 5.82 Å². The van der Waals surface area contributed by atoms with Gasteiger partial charge in [-0.05, 0) is 30.5 Å². The third-order valence-electron chi connectivity index (χ3n) is 7.43. The molecule has 2 aliphatic rings. The first-order valence-corrected chi connectivity index (χ1v) is 13.3. The second kappa shape index (κ2) is 11.0. The van der Waals surface area contributed by atoms with Crippen LogP contribution in [-0.4, -0.2) is 88.1 Å². The zero-order valence-electron chi connectivity index (χ0n) is 22.3. The number of piperidine rings is 1. The van der Waals surface area contributed by atoms with Gasteiger partial charge >= 0.3 is 0 Å². The van der Waals surface area contributed by atoms with E-state index in [0.29, 0.717) is 30.8 Å². The highest BCUT2D eigenvalue weighted by molar-refractivity contribution is 5.86. The standard InChI is InChI=1S/C28H33N7O4/c1-37-23-14-19(15-24(30-23)38-2)17-33-8-6-21(7-9-33)35-18-29-25-27(34-10-12-39-13-11-34)31-26(32-28(25)35)20-4-3-5-22(36)16-20/h3-5,14-16,18,21,36H,6-13,17H2,1-2H3. The van der Waals surface area contributed by atoms with Crippen molar-refractivity contribution in [3.8, 4) is 28.9 Å². The molecule has 0 bridgehead atoms. The van der Waals surface area contributed by atoms with Crippen molar-refractivity contribution in [3.63, 3.8) is 0 Å². The van der Waals surface area contributed by atoms with E-state index < -0.39 is 0 Å². The van der Waals surface area contributed by atoms with E-state index in [0.717, 1.165) is 73.7 Å². The van der Waals surface area contributed by atoms with Crippen LogP contribution in [0.3, 0.4) is 0 Å². The minimum atomic E-state index is 0.189. The number of anilines is 1. The average molecular weight is 532 g/mol. The normalized spacial score (nSPS) is 17.0. The lowest BCUT2D eigenvalue weighted by Gasteiger charge is -2.33. The van der Waals surface area contributed by atoms with Crippen molar-refractivity contribution in [1.29, 1.82) is 0 Å². The lowest BCUT2D eigenvalue weighted by atomic mass is 10.0. The Balaban J connectivity index is 1.26. The fourth-order valence-electron chi connectivity index (χ4n) is 5.38. The van der Waals surface area contributed by atoms with Gasteiger partial charge in [0.25, 0.3) is 0 Å². The summed E-state index contributed by atoms with van der Waals surface area (Å²) in [6, 6.07) is 11.3. The molecule has 2 aliphatic heterocycles. The molecule has 1 aromatic carbocycles.